The first-order chi connectivity index (χ1) is 26.3. The number of thiophene rings is 1. The van der Waals surface area contributed by atoms with Crippen molar-refractivity contribution < 1.29 is 0 Å². The molecule has 0 bridgehead atoms. The number of pyridine rings is 3. The third-order valence-electron chi connectivity index (χ3n) is 10.5. The fourth-order valence-electron chi connectivity index (χ4n) is 7.86. The lowest BCUT2D eigenvalue weighted by Gasteiger charge is -2.13. The summed E-state index contributed by atoms with van der Waals surface area (Å²) < 4.78 is 2.55. The lowest BCUT2D eigenvalue weighted by molar-refractivity contribution is 1.36. The van der Waals surface area contributed by atoms with Gasteiger partial charge in [-0.3, -0.25) is 0 Å². The van der Waals surface area contributed by atoms with Crippen LogP contribution in [0.4, 0.5) is 0 Å². The fourth-order valence-corrected chi connectivity index (χ4v) is 9.09. The van der Waals surface area contributed by atoms with Gasteiger partial charge in [0.1, 0.15) is 0 Å². The first-order valence-electron chi connectivity index (χ1n) is 17.9. The molecule has 0 amide bonds. The zero-order chi connectivity index (χ0) is 34.9. The van der Waals surface area contributed by atoms with Gasteiger partial charge in [0.05, 0.1) is 33.6 Å². The first kappa shape index (κ1) is 29.9. The average Bonchev–Trinajstić information content (AvgIpc) is 3.63. The van der Waals surface area contributed by atoms with Gasteiger partial charge in [0.2, 0.25) is 0 Å². The van der Waals surface area contributed by atoms with Crippen molar-refractivity contribution in [2.45, 2.75) is 0 Å². The van der Waals surface area contributed by atoms with Gasteiger partial charge in [0, 0.05) is 58.6 Å². The molecule has 11 rings (SSSR count). The summed E-state index contributed by atoms with van der Waals surface area (Å²) in [5, 5.41) is 8.23. The van der Waals surface area contributed by atoms with Gasteiger partial charge in [-0.15, -0.1) is 11.3 Å². The largest absolute Gasteiger partial charge is 0.246 e. The molecular formula is C49H29N3S. The third kappa shape index (κ3) is 4.84. The van der Waals surface area contributed by atoms with Crippen molar-refractivity contribution in [2.24, 2.45) is 0 Å². The molecule has 0 aliphatic heterocycles. The molecule has 4 aromatic heterocycles. The number of fused-ring (bicyclic) bond motifs is 9. The Balaban J connectivity index is 1.06. The standard InChI is InChI=1S/C49H29N3S/c1-2-11-32(12-3-1)41-28-26-34-24-25-35-27-29-42(51-46(35)45(34)50-41)33-22-20-31(21-23-33)37-16-9-18-40-47(37)52-48(38-17-8-13-30-10-4-5-14-36(30)38)44-39-15-6-7-19-43(39)53-49(40)44/h1-29H. The molecule has 0 atom stereocenters. The molecule has 0 saturated carbocycles. The summed E-state index contributed by atoms with van der Waals surface area (Å²) in [6, 6.07) is 62.3. The Morgan fingerprint density at radius 3 is 1.68 bits per heavy atom. The van der Waals surface area contributed by atoms with Gasteiger partial charge in [0.15, 0.2) is 0 Å². The summed E-state index contributed by atoms with van der Waals surface area (Å²) in [6.07, 6.45) is 0. The molecule has 53 heavy (non-hydrogen) atoms. The third-order valence-corrected chi connectivity index (χ3v) is 11.7. The Morgan fingerprint density at radius 1 is 0.340 bits per heavy atom. The number of benzene rings is 7. The van der Waals surface area contributed by atoms with Gasteiger partial charge in [0.25, 0.3) is 0 Å². The Morgan fingerprint density at radius 2 is 0.906 bits per heavy atom. The molecule has 11 aromatic rings. The molecular weight excluding hydrogens is 663 g/mol. The maximum absolute atomic E-state index is 5.58. The summed E-state index contributed by atoms with van der Waals surface area (Å²) in [7, 11) is 0. The highest BCUT2D eigenvalue weighted by molar-refractivity contribution is 7.26. The zero-order valence-corrected chi connectivity index (χ0v) is 29.3. The zero-order valence-electron chi connectivity index (χ0n) is 28.5. The summed E-state index contributed by atoms with van der Waals surface area (Å²) in [4.78, 5) is 15.9. The highest BCUT2D eigenvalue weighted by Gasteiger charge is 2.19. The van der Waals surface area contributed by atoms with E-state index >= 15 is 0 Å². The van der Waals surface area contributed by atoms with E-state index in [4.69, 9.17) is 15.0 Å². The van der Waals surface area contributed by atoms with Crippen LogP contribution in [0.3, 0.4) is 0 Å². The van der Waals surface area contributed by atoms with Crippen LogP contribution in [-0.4, -0.2) is 15.0 Å². The maximum Gasteiger partial charge on any atom is 0.0972 e. The van der Waals surface area contributed by atoms with Crippen LogP contribution < -0.4 is 0 Å². The second-order valence-electron chi connectivity index (χ2n) is 13.5. The smallest absolute Gasteiger partial charge is 0.0972 e. The SMILES string of the molecule is c1ccc(-c2ccc3ccc4ccc(-c5ccc(-c6cccc7c6nc(-c6cccc8ccccc68)c6c8ccccc8sc76)cc5)nc4c3n2)cc1. The highest BCUT2D eigenvalue weighted by atomic mass is 32.1. The van der Waals surface area contributed by atoms with Crippen LogP contribution in [0.15, 0.2) is 176 Å². The Labute approximate surface area is 309 Å². The molecule has 7 aromatic carbocycles. The van der Waals surface area contributed by atoms with E-state index in [9.17, 15) is 0 Å². The van der Waals surface area contributed by atoms with Crippen LogP contribution in [0, 0.1) is 0 Å². The van der Waals surface area contributed by atoms with Crippen LogP contribution in [0.25, 0.3) is 109 Å². The number of rotatable bonds is 4. The van der Waals surface area contributed by atoms with Gasteiger partial charge < -0.3 is 0 Å². The quantitative estimate of drug-likeness (QED) is 0.172. The molecule has 0 radical (unpaired) electrons. The maximum atomic E-state index is 5.58. The molecule has 0 N–H and O–H groups in total. The van der Waals surface area contributed by atoms with Crippen molar-refractivity contribution in [1.29, 1.82) is 0 Å². The summed E-state index contributed by atoms with van der Waals surface area (Å²) in [6.45, 7) is 0. The predicted molar refractivity (Wildman–Crippen MR) is 224 cm³/mol. The van der Waals surface area contributed by atoms with Crippen molar-refractivity contribution in [3.8, 4) is 44.9 Å². The van der Waals surface area contributed by atoms with Gasteiger partial charge in [-0.05, 0) is 34.5 Å². The van der Waals surface area contributed by atoms with E-state index in [1.54, 1.807) is 0 Å². The van der Waals surface area contributed by atoms with E-state index in [1.165, 1.54) is 36.3 Å². The van der Waals surface area contributed by atoms with E-state index in [0.29, 0.717) is 0 Å². The number of hydrogen-bond acceptors (Lipinski definition) is 4. The minimum atomic E-state index is 0.911. The average molecular weight is 692 g/mol. The topological polar surface area (TPSA) is 38.7 Å². The molecule has 3 nitrogen and oxygen atoms in total. The van der Waals surface area contributed by atoms with E-state index in [0.717, 1.165) is 72.2 Å². The molecule has 0 aliphatic carbocycles. The van der Waals surface area contributed by atoms with Crippen molar-refractivity contribution >= 4 is 75.0 Å². The van der Waals surface area contributed by atoms with Crippen LogP contribution >= 0.6 is 11.3 Å². The first-order valence-corrected chi connectivity index (χ1v) is 18.7. The van der Waals surface area contributed by atoms with E-state index < -0.39 is 0 Å². The molecule has 0 fully saturated rings. The number of aromatic nitrogens is 3. The van der Waals surface area contributed by atoms with Crippen LogP contribution in [0.2, 0.25) is 0 Å². The van der Waals surface area contributed by atoms with Crippen molar-refractivity contribution in [2.75, 3.05) is 0 Å². The number of hydrogen-bond donors (Lipinski definition) is 0. The number of para-hydroxylation sites is 1. The fraction of sp³-hybridized carbons (Fsp3) is 0. The Bertz CT molecular complexity index is 3210. The minimum Gasteiger partial charge on any atom is -0.246 e. The summed E-state index contributed by atoms with van der Waals surface area (Å²) in [5.41, 5.74) is 11.3. The van der Waals surface area contributed by atoms with E-state index in [-0.39, 0.29) is 0 Å². The van der Waals surface area contributed by atoms with Crippen LogP contribution in [0.5, 0.6) is 0 Å². The second-order valence-corrected chi connectivity index (χ2v) is 14.6. The lowest BCUT2D eigenvalue weighted by atomic mass is 9.95. The van der Waals surface area contributed by atoms with Crippen LogP contribution in [-0.2, 0) is 0 Å². The molecule has 0 saturated heterocycles. The molecule has 246 valence electrons. The molecule has 4 heteroatoms. The predicted octanol–water partition coefficient (Wildman–Crippen LogP) is 13.5. The Hall–Kier alpha value is -6.75. The van der Waals surface area contributed by atoms with Gasteiger partial charge >= 0.3 is 0 Å². The van der Waals surface area contributed by atoms with Gasteiger partial charge in [-0.2, -0.15) is 0 Å². The molecule has 0 aliphatic rings. The van der Waals surface area contributed by atoms with Crippen LogP contribution in [0.1, 0.15) is 0 Å². The van der Waals surface area contributed by atoms with Gasteiger partial charge in [-0.25, -0.2) is 15.0 Å². The Kier molecular flexibility index (Phi) is 6.73. The summed E-state index contributed by atoms with van der Waals surface area (Å²) >= 11 is 1.86. The normalized spacial score (nSPS) is 11.8. The lowest BCUT2D eigenvalue weighted by Crippen LogP contribution is -1.92. The van der Waals surface area contributed by atoms with E-state index in [2.05, 4.69) is 158 Å². The minimum absolute atomic E-state index is 0.911. The monoisotopic (exact) mass is 691 g/mol. The second kappa shape index (κ2) is 11.9. The van der Waals surface area contributed by atoms with Gasteiger partial charge in [-0.1, -0.05) is 158 Å². The summed E-state index contributed by atoms with van der Waals surface area (Å²) in [5.74, 6) is 0. The van der Waals surface area contributed by atoms with Crippen molar-refractivity contribution in [3.05, 3.63) is 176 Å². The van der Waals surface area contributed by atoms with Crippen molar-refractivity contribution in [1.82, 2.24) is 15.0 Å². The van der Waals surface area contributed by atoms with Crippen molar-refractivity contribution in [3.63, 3.8) is 0 Å². The molecule has 0 unspecified atom stereocenters. The van der Waals surface area contributed by atoms with E-state index in [1.807, 2.05) is 29.5 Å². The number of nitrogens with zero attached hydrogens (tertiary/aromatic N) is 3. The highest BCUT2D eigenvalue weighted by Crippen LogP contribution is 2.45. The molecule has 0 spiro atoms. The molecule has 4 heterocycles.